The maximum Gasteiger partial charge on any atom is 0.267 e. The predicted octanol–water partition coefficient (Wildman–Crippen LogP) is 1.82. The van der Waals surface area contributed by atoms with E-state index in [9.17, 15) is 4.79 Å². The van der Waals surface area contributed by atoms with Crippen molar-refractivity contribution in [2.75, 3.05) is 44.0 Å². The van der Waals surface area contributed by atoms with E-state index in [0.717, 1.165) is 31.1 Å². The van der Waals surface area contributed by atoms with Gasteiger partial charge >= 0.3 is 0 Å². The Morgan fingerprint density at radius 3 is 2.62 bits per heavy atom. The van der Waals surface area contributed by atoms with E-state index in [0.29, 0.717) is 23.9 Å². The van der Waals surface area contributed by atoms with Gasteiger partial charge in [0.05, 0.1) is 13.2 Å². The zero-order chi connectivity index (χ0) is 15.4. The van der Waals surface area contributed by atoms with Crippen molar-refractivity contribution in [3.63, 3.8) is 0 Å². The summed E-state index contributed by atoms with van der Waals surface area (Å²) in [5.74, 6) is 0.308. The fourth-order valence-corrected chi connectivity index (χ4v) is 3.55. The van der Waals surface area contributed by atoms with Crippen LogP contribution in [0.25, 0.3) is 0 Å². The zero-order valence-corrected chi connectivity index (χ0v) is 13.8. The van der Waals surface area contributed by atoms with E-state index in [1.54, 1.807) is 4.90 Å². The highest BCUT2D eigenvalue weighted by molar-refractivity contribution is 7.18. The lowest BCUT2D eigenvalue weighted by atomic mass is 10.1. The van der Waals surface area contributed by atoms with E-state index in [1.807, 2.05) is 7.05 Å². The number of amides is 1. The number of rotatable bonds is 5. The number of nitrogens with zero attached hydrogens (tertiary/aromatic N) is 3. The summed E-state index contributed by atoms with van der Waals surface area (Å²) in [6.07, 6.45) is 1.88. The Bertz CT molecular complexity index is 481. The minimum atomic E-state index is -0.0294. The molecule has 0 atom stereocenters. The third-order valence-electron chi connectivity index (χ3n) is 3.93. The average Bonchev–Trinajstić information content (AvgIpc) is 2.90. The van der Waals surface area contributed by atoms with Gasteiger partial charge < -0.3 is 20.3 Å². The molecule has 1 aromatic heterocycles. The molecule has 1 amide bonds. The SMILES string of the molecule is CCC(CC)N(C)C(=O)c1sc(N2CCOCC2)nc1N. The van der Waals surface area contributed by atoms with Gasteiger partial charge in [0.1, 0.15) is 10.7 Å². The van der Waals surface area contributed by atoms with Crippen LogP contribution < -0.4 is 10.6 Å². The van der Waals surface area contributed by atoms with Crippen molar-refractivity contribution in [3.8, 4) is 0 Å². The quantitative estimate of drug-likeness (QED) is 0.898. The maximum absolute atomic E-state index is 12.6. The molecule has 1 aliphatic rings. The number of ether oxygens (including phenoxy) is 1. The molecule has 0 aliphatic carbocycles. The first-order valence-corrected chi connectivity index (χ1v) is 8.26. The van der Waals surface area contributed by atoms with Crippen molar-refractivity contribution in [1.29, 1.82) is 0 Å². The summed E-state index contributed by atoms with van der Waals surface area (Å²) in [6.45, 7) is 7.15. The van der Waals surface area contributed by atoms with Crippen molar-refractivity contribution in [2.24, 2.45) is 0 Å². The first-order valence-electron chi connectivity index (χ1n) is 7.44. The normalized spacial score (nSPS) is 15.5. The van der Waals surface area contributed by atoms with Gasteiger partial charge in [-0.25, -0.2) is 4.98 Å². The van der Waals surface area contributed by atoms with Crippen LogP contribution >= 0.6 is 11.3 Å². The van der Waals surface area contributed by atoms with Crippen LogP contribution in [0.4, 0.5) is 10.9 Å². The van der Waals surface area contributed by atoms with Crippen LogP contribution in [0.2, 0.25) is 0 Å². The summed E-state index contributed by atoms with van der Waals surface area (Å²) in [5.41, 5.74) is 5.96. The summed E-state index contributed by atoms with van der Waals surface area (Å²) >= 11 is 1.38. The molecule has 0 aromatic carbocycles. The minimum Gasteiger partial charge on any atom is -0.382 e. The summed E-state index contributed by atoms with van der Waals surface area (Å²) in [5, 5.41) is 0.817. The molecule has 1 aliphatic heterocycles. The first-order chi connectivity index (χ1) is 10.1. The molecular weight excluding hydrogens is 288 g/mol. The molecule has 2 N–H and O–H groups in total. The Hall–Kier alpha value is -1.34. The molecule has 6 nitrogen and oxygen atoms in total. The number of carbonyl (C=O) groups is 1. The smallest absolute Gasteiger partial charge is 0.267 e. The molecule has 1 saturated heterocycles. The van der Waals surface area contributed by atoms with Crippen molar-refractivity contribution in [2.45, 2.75) is 32.7 Å². The lowest BCUT2D eigenvalue weighted by Gasteiger charge is -2.26. The summed E-state index contributed by atoms with van der Waals surface area (Å²) < 4.78 is 5.33. The first kappa shape index (κ1) is 16.0. The number of hydrogen-bond acceptors (Lipinski definition) is 6. The third kappa shape index (κ3) is 3.47. The van der Waals surface area contributed by atoms with Gasteiger partial charge in [-0.2, -0.15) is 0 Å². The molecule has 1 aromatic rings. The summed E-state index contributed by atoms with van der Waals surface area (Å²) in [6, 6.07) is 0.242. The molecular formula is C14H24N4O2S. The second kappa shape index (κ2) is 7.09. The molecule has 1 fully saturated rings. The monoisotopic (exact) mass is 312 g/mol. The van der Waals surface area contributed by atoms with Crippen LogP contribution in [-0.2, 0) is 4.74 Å². The molecule has 0 radical (unpaired) electrons. The van der Waals surface area contributed by atoms with Crippen LogP contribution in [0.15, 0.2) is 0 Å². The van der Waals surface area contributed by atoms with Gasteiger partial charge in [-0.3, -0.25) is 4.79 Å². The predicted molar refractivity (Wildman–Crippen MR) is 86.0 cm³/mol. The number of hydrogen-bond donors (Lipinski definition) is 1. The lowest BCUT2D eigenvalue weighted by molar-refractivity contribution is 0.0729. The Labute approximate surface area is 129 Å². The van der Waals surface area contributed by atoms with Crippen molar-refractivity contribution in [1.82, 2.24) is 9.88 Å². The molecule has 2 rings (SSSR count). The van der Waals surface area contributed by atoms with Crippen LogP contribution in [0.3, 0.4) is 0 Å². The largest absolute Gasteiger partial charge is 0.382 e. The van der Waals surface area contributed by atoms with Crippen LogP contribution in [0, 0.1) is 0 Å². The van der Waals surface area contributed by atoms with Crippen LogP contribution in [0.5, 0.6) is 0 Å². The van der Waals surface area contributed by atoms with E-state index in [4.69, 9.17) is 10.5 Å². The number of nitrogens with two attached hydrogens (primary N) is 1. The molecule has 0 saturated carbocycles. The number of anilines is 2. The van der Waals surface area contributed by atoms with Crippen molar-refractivity contribution in [3.05, 3.63) is 4.88 Å². The molecule has 0 spiro atoms. The van der Waals surface area contributed by atoms with Crippen LogP contribution in [0.1, 0.15) is 36.4 Å². The molecule has 21 heavy (non-hydrogen) atoms. The lowest BCUT2D eigenvalue weighted by Crippen LogP contribution is -2.36. The fraction of sp³-hybridized carbons (Fsp3) is 0.714. The Kier molecular flexibility index (Phi) is 5.41. The Morgan fingerprint density at radius 2 is 2.05 bits per heavy atom. The topological polar surface area (TPSA) is 71.7 Å². The Balaban J connectivity index is 2.16. The fourth-order valence-electron chi connectivity index (χ4n) is 2.53. The van der Waals surface area contributed by atoms with Gasteiger partial charge in [-0.1, -0.05) is 25.2 Å². The number of carbonyl (C=O) groups excluding carboxylic acids is 1. The van der Waals surface area contributed by atoms with Gasteiger partial charge in [0.15, 0.2) is 5.13 Å². The van der Waals surface area contributed by atoms with Crippen molar-refractivity contribution < 1.29 is 9.53 Å². The number of aromatic nitrogens is 1. The second-order valence-corrected chi connectivity index (χ2v) is 6.17. The molecule has 7 heteroatoms. The van der Waals surface area contributed by atoms with Gasteiger partial charge in [0.2, 0.25) is 0 Å². The van der Waals surface area contributed by atoms with Crippen molar-refractivity contribution >= 4 is 28.2 Å². The van der Waals surface area contributed by atoms with E-state index >= 15 is 0 Å². The second-order valence-electron chi connectivity index (χ2n) is 5.20. The van der Waals surface area contributed by atoms with E-state index in [2.05, 4.69) is 23.7 Å². The standard InChI is InChI=1S/C14H24N4O2S/c1-4-10(5-2)17(3)13(19)11-12(15)16-14(21-11)18-6-8-20-9-7-18/h10H,4-9,15H2,1-3H3. The number of thiazole rings is 1. The van der Waals surface area contributed by atoms with Gasteiger partial charge in [-0.15, -0.1) is 0 Å². The number of morpholine rings is 1. The highest BCUT2D eigenvalue weighted by Crippen LogP contribution is 2.30. The highest BCUT2D eigenvalue weighted by atomic mass is 32.1. The van der Waals surface area contributed by atoms with E-state index in [-0.39, 0.29) is 11.9 Å². The average molecular weight is 312 g/mol. The molecule has 2 heterocycles. The maximum atomic E-state index is 12.6. The molecule has 118 valence electrons. The highest BCUT2D eigenvalue weighted by Gasteiger charge is 2.25. The summed E-state index contributed by atoms with van der Waals surface area (Å²) in [4.78, 5) is 21.4. The summed E-state index contributed by atoms with van der Waals surface area (Å²) in [7, 11) is 1.84. The third-order valence-corrected chi connectivity index (χ3v) is 5.05. The Morgan fingerprint density at radius 1 is 1.43 bits per heavy atom. The molecule has 0 bridgehead atoms. The van der Waals surface area contributed by atoms with E-state index in [1.165, 1.54) is 11.3 Å². The van der Waals surface area contributed by atoms with Gasteiger partial charge in [0.25, 0.3) is 5.91 Å². The van der Waals surface area contributed by atoms with Gasteiger partial charge in [0, 0.05) is 26.2 Å². The molecule has 0 unspecified atom stereocenters. The minimum absolute atomic E-state index is 0.0294. The zero-order valence-electron chi connectivity index (χ0n) is 13.0. The van der Waals surface area contributed by atoms with Gasteiger partial charge in [-0.05, 0) is 12.8 Å². The van der Waals surface area contributed by atoms with Crippen LogP contribution in [-0.4, -0.2) is 55.2 Å². The number of nitrogen functional groups attached to an aromatic ring is 1. The van der Waals surface area contributed by atoms with E-state index < -0.39 is 0 Å².